The lowest BCUT2D eigenvalue weighted by atomic mass is 10.0. The van der Waals surface area contributed by atoms with Gasteiger partial charge in [-0.15, -0.1) is 0 Å². The third-order valence-electron chi connectivity index (χ3n) is 2.19. The first-order valence-corrected chi connectivity index (χ1v) is 3.98. The number of hydrogen-bond donors (Lipinski definition) is 0. The predicted molar refractivity (Wildman–Crippen MR) is 45.0 cm³/mol. The van der Waals surface area contributed by atoms with Crippen LogP contribution >= 0.6 is 0 Å². The summed E-state index contributed by atoms with van der Waals surface area (Å²) in [5.41, 5.74) is 3.22. The van der Waals surface area contributed by atoms with E-state index in [1.54, 1.807) is 11.1 Å². The molecule has 10 heavy (non-hydrogen) atoms. The van der Waals surface area contributed by atoms with E-state index in [-0.39, 0.29) is 0 Å². The molecule has 1 aliphatic heterocycles. The molecule has 0 amide bonds. The Labute approximate surface area is 63.7 Å². The first-order chi connectivity index (χ1) is 4.61. The van der Waals surface area contributed by atoms with Crippen LogP contribution in [0.4, 0.5) is 0 Å². The summed E-state index contributed by atoms with van der Waals surface area (Å²) in [6.45, 7) is 9.16. The van der Waals surface area contributed by atoms with E-state index in [0.717, 1.165) is 5.92 Å². The lowest BCUT2D eigenvalue weighted by molar-refractivity contribution is 0.417. The second kappa shape index (κ2) is 2.75. The zero-order valence-corrected chi connectivity index (χ0v) is 7.44. The van der Waals surface area contributed by atoms with E-state index >= 15 is 0 Å². The van der Waals surface area contributed by atoms with Gasteiger partial charge >= 0.3 is 0 Å². The van der Waals surface area contributed by atoms with Crippen LogP contribution in [0.5, 0.6) is 0 Å². The first kappa shape index (κ1) is 7.80. The second-order valence-corrected chi connectivity index (χ2v) is 3.63. The Hall–Kier alpha value is -0.300. The highest BCUT2D eigenvalue weighted by Crippen LogP contribution is 2.21. The Morgan fingerprint density at radius 3 is 2.10 bits per heavy atom. The summed E-state index contributed by atoms with van der Waals surface area (Å²) in [5, 5.41) is 0. The largest absolute Gasteiger partial charge is 0.299 e. The maximum atomic E-state index is 2.37. The van der Waals surface area contributed by atoms with Crippen LogP contribution < -0.4 is 0 Å². The van der Waals surface area contributed by atoms with Crippen molar-refractivity contribution in [2.75, 3.05) is 20.1 Å². The molecule has 0 fully saturated rings. The van der Waals surface area contributed by atoms with Crippen molar-refractivity contribution in [3.8, 4) is 0 Å². The Morgan fingerprint density at radius 2 is 1.90 bits per heavy atom. The maximum absolute atomic E-state index is 2.37. The van der Waals surface area contributed by atoms with Crippen molar-refractivity contribution < 1.29 is 0 Å². The highest BCUT2D eigenvalue weighted by Gasteiger charge is 2.17. The average molecular weight is 139 g/mol. The minimum atomic E-state index is 0.741. The van der Waals surface area contributed by atoms with Crippen LogP contribution in [0.3, 0.4) is 0 Å². The fraction of sp³-hybridized carbons (Fsp3) is 0.778. The molecule has 0 atom stereocenters. The van der Waals surface area contributed by atoms with Gasteiger partial charge in [0.05, 0.1) is 0 Å². The molecule has 0 saturated heterocycles. The molecule has 1 aliphatic rings. The van der Waals surface area contributed by atoms with Crippen LogP contribution in [0, 0.1) is 5.92 Å². The van der Waals surface area contributed by atoms with Crippen molar-refractivity contribution in [2.24, 2.45) is 5.92 Å². The summed E-state index contributed by atoms with van der Waals surface area (Å²) in [7, 11) is 2.18. The molecule has 1 heteroatoms. The average Bonchev–Trinajstić information content (AvgIpc) is 2.10. The van der Waals surface area contributed by atoms with E-state index in [1.807, 2.05) is 0 Å². The fourth-order valence-electron chi connectivity index (χ4n) is 1.66. The first-order valence-electron chi connectivity index (χ1n) is 3.98. The number of likely N-dealkylation sites (N-methyl/N-ethyl adjacent to an activating group) is 1. The monoisotopic (exact) mass is 139 g/mol. The zero-order valence-electron chi connectivity index (χ0n) is 7.44. The van der Waals surface area contributed by atoms with Crippen LogP contribution in [0.15, 0.2) is 11.1 Å². The lowest BCUT2D eigenvalue weighted by Gasteiger charge is -2.09. The predicted octanol–water partition coefficient (Wildman–Crippen LogP) is 1.90. The van der Waals surface area contributed by atoms with Gasteiger partial charge in [-0.3, -0.25) is 4.90 Å². The van der Waals surface area contributed by atoms with Gasteiger partial charge in [0.15, 0.2) is 0 Å². The SMILES string of the molecule is CC1=C(C(C)C)CN(C)C1. The van der Waals surface area contributed by atoms with Crippen molar-refractivity contribution in [1.82, 2.24) is 4.90 Å². The standard InChI is InChI=1S/C9H17N/c1-7(2)9-6-10(4)5-8(9)3/h7H,5-6H2,1-4H3. The smallest absolute Gasteiger partial charge is 0.0198 e. The highest BCUT2D eigenvalue weighted by molar-refractivity contribution is 5.22. The van der Waals surface area contributed by atoms with Crippen molar-refractivity contribution in [3.05, 3.63) is 11.1 Å². The molecular formula is C9H17N. The Morgan fingerprint density at radius 1 is 1.30 bits per heavy atom. The number of hydrogen-bond acceptors (Lipinski definition) is 1. The molecule has 0 aliphatic carbocycles. The Balaban J connectivity index is 2.66. The van der Waals surface area contributed by atoms with Crippen LogP contribution in [0.2, 0.25) is 0 Å². The molecule has 0 aromatic rings. The number of rotatable bonds is 1. The van der Waals surface area contributed by atoms with Gasteiger partial charge in [-0.1, -0.05) is 25.0 Å². The van der Waals surface area contributed by atoms with E-state index in [0.29, 0.717) is 0 Å². The van der Waals surface area contributed by atoms with Gasteiger partial charge < -0.3 is 0 Å². The van der Waals surface area contributed by atoms with Gasteiger partial charge in [0.2, 0.25) is 0 Å². The third kappa shape index (κ3) is 1.40. The van der Waals surface area contributed by atoms with Crippen LogP contribution in [0.1, 0.15) is 20.8 Å². The molecule has 1 rings (SSSR count). The van der Waals surface area contributed by atoms with Gasteiger partial charge in [-0.05, 0) is 19.9 Å². The third-order valence-corrected chi connectivity index (χ3v) is 2.19. The second-order valence-electron chi connectivity index (χ2n) is 3.63. The van der Waals surface area contributed by atoms with Gasteiger partial charge in [0, 0.05) is 13.1 Å². The van der Waals surface area contributed by atoms with Crippen LogP contribution in [-0.2, 0) is 0 Å². The summed E-state index contributed by atoms with van der Waals surface area (Å²) < 4.78 is 0. The minimum absolute atomic E-state index is 0.741. The summed E-state index contributed by atoms with van der Waals surface area (Å²) in [5.74, 6) is 0.741. The normalized spacial score (nSPS) is 21.3. The number of nitrogens with zero attached hydrogens (tertiary/aromatic N) is 1. The molecule has 0 spiro atoms. The Bertz CT molecular complexity index is 156. The van der Waals surface area contributed by atoms with Crippen molar-refractivity contribution in [2.45, 2.75) is 20.8 Å². The lowest BCUT2D eigenvalue weighted by Crippen LogP contribution is -2.15. The molecule has 0 unspecified atom stereocenters. The van der Waals surface area contributed by atoms with Gasteiger partial charge in [-0.2, -0.15) is 0 Å². The molecule has 0 radical (unpaired) electrons. The topological polar surface area (TPSA) is 3.24 Å². The molecule has 0 aromatic carbocycles. The van der Waals surface area contributed by atoms with Crippen molar-refractivity contribution in [1.29, 1.82) is 0 Å². The van der Waals surface area contributed by atoms with Crippen LogP contribution in [-0.4, -0.2) is 25.0 Å². The van der Waals surface area contributed by atoms with E-state index in [4.69, 9.17) is 0 Å². The summed E-state index contributed by atoms with van der Waals surface area (Å²) in [6.07, 6.45) is 0. The molecule has 1 nitrogen and oxygen atoms in total. The fourth-order valence-corrected chi connectivity index (χ4v) is 1.66. The molecule has 0 saturated carbocycles. The van der Waals surface area contributed by atoms with E-state index < -0.39 is 0 Å². The zero-order chi connectivity index (χ0) is 7.72. The summed E-state index contributed by atoms with van der Waals surface area (Å²) in [6, 6.07) is 0. The minimum Gasteiger partial charge on any atom is -0.299 e. The van der Waals surface area contributed by atoms with Gasteiger partial charge in [-0.25, -0.2) is 0 Å². The molecule has 0 aromatic heterocycles. The van der Waals surface area contributed by atoms with E-state index in [9.17, 15) is 0 Å². The molecule has 0 bridgehead atoms. The molecule has 1 heterocycles. The molecule has 58 valence electrons. The molecular weight excluding hydrogens is 122 g/mol. The maximum Gasteiger partial charge on any atom is 0.0198 e. The highest BCUT2D eigenvalue weighted by atomic mass is 15.1. The Kier molecular flexibility index (Phi) is 2.14. The van der Waals surface area contributed by atoms with E-state index in [2.05, 4.69) is 32.7 Å². The van der Waals surface area contributed by atoms with E-state index in [1.165, 1.54) is 13.1 Å². The van der Waals surface area contributed by atoms with Crippen LogP contribution in [0.25, 0.3) is 0 Å². The summed E-state index contributed by atoms with van der Waals surface area (Å²) in [4.78, 5) is 2.37. The molecule has 0 N–H and O–H groups in total. The summed E-state index contributed by atoms with van der Waals surface area (Å²) >= 11 is 0. The van der Waals surface area contributed by atoms with Crippen molar-refractivity contribution >= 4 is 0 Å². The van der Waals surface area contributed by atoms with Gasteiger partial charge in [0.1, 0.15) is 0 Å². The quantitative estimate of drug-likeness (QED) is 0.501. The van der Waals surface area contributed by atoms with Gasteiger partial charge in [0.25, 0.3) is 0 Å². The van der Waals surface area contributed by atoms with Crippen molar-refractivity contribution in [3.63, 3.8) is 0 Å².